The number of halogens is 4. The molecule has 160 valence electrons. The van der Waals surface area contributed by atoms with Crippen LogP contribution in [-0.2, 0) is 23.1 Å². The molecule has 0 aliphatic carbocycles. The van der Waals surface area contributed by atoms with E-state index in [2.05, 4.69) is 15.0 Å². The van der Waals surface area contributed by atoms with E-state index in [1.54, 1.807) is 6.07 Å². The lowest BCUT2D eigenvalue weighted by Gasteiger charge is -2.07. The molecule has 0 fully saturated rings. The molecule has 0 atom stereocenters. The maximum Gasteiger partial charge on any atom is 0.433 e. The minimum Gasteiger partial charge on any atom is -0.310 e. The van der Waals surface area contributed by atoms with Crippen molar-refractivity contribution in [2.45, 2.75) is 18.1 Å². The number of alkyl halides is 3. The minimum atomic E-state index is -4.64. The van der Waals surface area contributed by atoms with E-state index in [1.165, 1.54) is 35.2 Å². The summed E-state index contributed by atoms with van der Waals surface area (Å²) in [5.41, 5.74) is -0.807. The first-order valence-corrected chi connectivity index (χ1v) is 11.5. The molecule has 31 heavy (non-hydrogen) atoms. The van der Waals surface area contributed by atoms with Crippen LogP contribution in [0.4, 0.5) is 13.2 Å². The van der Waals surface area contributed by atoms with Crippen LogP contribution in [0.2, 0.25) is 0 Å². The van der Waals surface area contributed by atoms with Crippen LogP contribution >= 0.6 is 22.6 Å². The molecule has 4 heterocycles. The van der Waals surface area contributed by atoms with E-state index >= 15 is 0 Å². The van der Waals surface area contributed by atoms with E-state index in [0.29, 0.717) is 3.57 Å². The molecule has 13 heteroatoms. The second kappa shape index (κ2) is 7.16. The molecule has 0 unspecified atom stereocenters. The molecule has 0 N–H and O–H groups in total. The van der Waals surface area contributed by atoms with E-state index in [9.17, 15) is 26.9 Å². The highest BCUT2D eigenvalue weighted by molar-refractivity contribution is 14.1. The summed E-state index contributed by atoms with van der Waals surface area (Å²) >= 11 is 1.95. The quantitative estimate of drug-likeness (QED) is 0.355. The number of aryl methyl sites for hydroxylation is 1. The van der Waals surface area contributed by atoms with Crippen LogP contribution in [-0.4, -0.2) is 38.1 Å². The molecule has 4 aromatic rings. The van der Waals surface area contributed by atoms with Crippen molar-refractivity contribution in [3.63, 3.8) is 0 Å². The van der Waals surface area contributed by atoms with Crippen LogP contribution in [0.5, 0.6) is 0 Å². The van der Waals surface area contributed by atoms with Crippen molar-refractivity contribution in [3.05, 3.63) is 39.2 Å². The van der Waals surface area contributed by atoms with Crippen LogP contribution in [0.25, 0.3) is 28.3 Å². The number of hydrogen-bond donors (Lipinski definition) is 0. The van der Waals surface area contributed by atoms with Crippen LogP contribution < -0.4 is 0 Å². The number of rotatable bonds is 3. The summed E-state index contributed by atoms with van der Waals surface area (Å²) in [6, 6.07) is 5.52. The first kappa shape index (κ1) is 21.5. The summed E-state index contributed by atoms with van der Waals surface area (Å²) in [7, 11) is -2.42. The maximum atomic E-state index is 13.1. The molecule has 8 nitrogen and oxygen atoms in total. The van der Waals surface area contributed by atoms with Gasteiger partial charge in [0.15, 0.2) is 32.0 Å². The monoisotopic (exact) mass is 560 g/mol. The summed E-state index contributed by atoms with van der Waals surface area (Å²) in [4.78, 5) is 12.3. The molecular formula is C18H12F3IN6O2S. The van der Waals surface area contributed by atoms with Gasteiger partial charge >= 0.3 is 6.18 Å². The molecular weight excluding hydrogens is 548 g/mol. The SMILES string of the molecule is CCS(=O)(=O)c1c(-c2nc3ccc(C(F)(F)F)nc3n2C)nc2c(C#N)cc(I)cn12. The predicted molar refractivity (Wildman–Crippen MR) is 113 cm³/mol. The summed E-state index contributed by atoms with van der Waals surface area (Å²) in [6.07, 6.45) is -3.12. The molecule has 0 saturated carbocycles. The van der Waals surface area contributed by atoms with Gasteiger partial charge in [0.2, 0.25) is 0 Å². The third-order valence-electron chi connectivity index (χ3n) is 4.66. The maximum absolute atomic E-state index is 13.1. The Morgan fingerprint density at radius 1 is 1.19 bits per heavy atom. The van der Waals surface area contributed by atoms with Crippen molar-refractivity contribution in [2.75, 3.05) is 5.75 Å². The zero-order valence-corrected chi connectivity index (χ0v) is 18.9. The number of sulfone groups is 1. The van der Waals surface area contributed by atoms with Crippen molar-refractivity contribution in [3.8, 4) is 17.6 Å². The number of nitriles is 1. The van der Waals surface area contributed by atoms with Gasteiger partial charge in [-0.25, -0.2) is 23.4 Å². The molecule has 0 bridgehead atoms. The smallest absolute Gasteiger partial charge is 0.310 e. The number of fused-ring (bicyclic) bond motifs is 2. The number of imidazole rings is 2. The largest absolute Gasteiger partial charge is 0.433 e. The van der Waals surface area contributed by atoms with Crippen LogP contribution in [0, 0.1) is 14.9 Å². The van der Waals surface area contributed by atoms with Crippen molar-refractivity contribution in [1.29, 1.82) is 5.26 Å². The van der Waals surface area contributed by atoms with Gasteiger partial charge in [-0.05, 0) is 40.8 Å². The lowest BCUT2D eigenvalue weighted by molar-refractivity contribution is -0.141. The van der Waals surface area contributed by atoms with Crippen molar-refractivity contribution < 1.29 is 21.6 Å². The van der Waals surface area contributed by atoms with E-state index in [1.807, 2.05) is 28.7 Å². The fourth-order valence-electron chi connectivity index (χ4n) is 3.19. The first-order valence-electron chi connectivity index (χ1n) is 8.73. The van der Waals surface area contributed by atoms with Gasteiger partial charge in [-0.2, -0.15) is 18.4 Å². The lowest BCUT2D eigenvalue weighted by atomic mass is 10.3. The lowest BCUT2D eigenvalue weighted by Crippen LogP contribution is -2.10. The topological polar surface area (TPSA) is 106 Å². The molecule has 0 radical (unpaired) electrons. The third kappa shape index (κ3) is 3.43. The third-order valence-corrected chi connectivity index (χ3v) is 6.99. The molecule has 0 aromatic carbocycles. The van der Waals surface area contributed by atoms with Gasteiger partial charge in [0, 0.05) is 16.8 Å². The normalized spacial score (nSPS) is 12.5. The van der Waals surface area contributed by atoms with Gasteiger partial charge in [-0.15, -0.1) is 0 Å². The van der Waals surface area contributed by atoms with Gasteiger partial charge in [0.1, 0.15) is 23.0 Å². The Morgan fingerprint density at radius 3 is 2.52 bits per heavy atom. The molecule has 0 amide bonds. The highest BCUT2D eigenvalue weighted by Crippen LogP contribution is 2.33. The zero-order chi connectivity index (χ0) is 22.7. The molecule has 0 aliphatic rings. The zero-order valence-electron chi connectivity index (χ0n) is 15.9. The van der Waals surface area contributed by atoms with Gasteiger partial charge in [-0.3, -0.25) is 4.40 Å². The Hall–Kier alpha value is -2.73. The predicted octanol–water partition coefficient (Wildman–Crippen LogP) is 3.57. The number of pyridine rings is 2. The summed E-state index contributed by atoms with van der Waals surface area (Å²) in [6.45, 7) is 1.46. The highest BCUT2D eigenvalue weighted by Gasteiger charge is 2.34. The van der Waals surface area contributed by atoms with Crippen molar-refractivity contribution in [2.24, 2.45) is 7.05 Å². The Balaban J connectivity index is 2.11. The first-order chi connectivity index (χ1) is 14.5. The van der Waals surface area contributed by atoms with Crippen LogP contribution in [0.3, 0.4) is 0 Å². The number of aromatic nitrogens is 5. The summed E-state index contributed by atoms with van der Waals surface area (Å²) < 4.78 is 68.3. The summed E-state index contributed by atoms with van der Waals surface area (Å²) in [5, 5.41) is 9.29. The van der Waals surface area contributed by atoms with E-state index < -0.39 is 21.7 Å². The molecule has 0 spiro atoms. The molecule has 0 saturated heterocycles. The van der Waals surface area contributed by atoms with Crippen LogP contribution in [0.1, 0.15) is 18.2 Å². The second-order valence-corrected chi connectivity index (χ2v) is 10.0. The molecule has 4 rings (SSSR count). The standard InChI is InChI=1S/C18H12F3IN6O2S/c1-3-31(29,30)17-13(26-14-9(7-23)6-10(22)8-28(14)17)16-24-11-4-5-12(18(19,20)21)25-15(11)27(16)2/h4-6,8H,3H2,1-2H3. The summed E-state index contributed by atoms with van der Waals surface area (Å²) in [5.74, 6) is -0.224. The Bertz CT molecular complexity index is 1520. The van der Waals surface area contributed by atoms with E-state index in [-0.39, 0.29) is 44.7 Å². The molecule has 4 aromatic heterocycles. The Morgan fingerprint density at radius 2 is 1.90 bits per heavy atom. The van der Waals surface area contributed by atoms with Crippen molar-refractivity contribution in [1.82, 2.24) is 23.9 Å². The average Bonchev–Trinajstić information content (AvgIpc) is 3.24. The van der Waals surface area contributed by atoms with Gasteiger partial charge < -0.3 is 4.57 Å². The fourth-order valence-corrected chi connectivity index (χ4v) is 4.92. The number of hydrogen-bond acceptors (Lipinski definition) is 6. The Kier molecular flexibility index (Phi) is 4.97. The van der Waals surface area contributed by atoms with Gasteiger partial charge in [-0.1, -0.05) is 6.92 Å². The highest BCUT2D eigenvalue weighted by atomic mass is 127. The number of nitrogens with zero attached hydrogens (tertiary/aromatic N) is 6. The average molecular weight is 560 g/mol. The van der Waals surface area contributed by atoms with Gasteiger partial charge in [0.25, 0.3) is 0 Å². The second-order valence-electron chi connectivity index (χ2n) is 6.58. The minimum absolute atomic E-state index is 0.0245. The Labute approximate surface area is 187 Å². The van der Waals surface area contributed by atoms with Crippen molar-refractivity contribution >= 4 is 49.2 Å². The van der Waals surface area contributed by atoms with Crippen LogP contribution in [0.15, 0.2) is 29.4 Å². The van der Waals surface area contributed by atoms with E-state index in [4.69, 9.17) is 0 Å². The van der Waals surface area contributed by atoms with E-state index in [0.717, 1.165) is 6.07 Å². The molecule has 0 aliphatic heterocycles. The fraction of sp³-hybridized carbons (Fsp3) is 0.222. The van der Waals surface area contributed by atoms with Gasteiger partial charge in [0.05, 0.1) is 11.3 Å².